The fourth-order valence-corrected chi connectivity index (χ4v) is 1.78. The van der Waals surface area contributed by atoms with Crippen molar-refractivity contribution in [3.63, 3.8) is 0 Å². The van der Waals surface area contributed by atoms with Gasteiger partial charge in [0.1, 0.15) is 5.75 Å². The molecule has 6 heteroatoms. The Hall–Kier alpha value is -2.53. The second-order valence-electron chi connectivity index (χ2n) is 4.13. The molecule has 0 aliphatic rings. The molecule has 0 saturated carbocycles. The third-order valence-electron chi connectivity index (χ3n) is 2.60. The van der Waals surface area contributed by atoms with E-state index in [1.807, 2.05) is 0 Å². The van der Waals surface area contributed by atoms with E-state index in [1.54, 1.807) is 31.2 Å². The average molecular weight is 321 g/mol. The molecular formula is C16H13ClO5. The van der Waals surface area contributed by atoms with Gasteiger partial charge in [-0.2, -0.15) is 0 Å². The first kappa shape index (κ1) is 15.9. The van der Waals surface area contributed by atoms with Gasteiger partial charge in [0.05, 0.1) is 17.2 Å². The van der Waals surface area contributed by atoms with Crippen LogP contribution in [0.4, 0.5) is 4.79 Å². The normalized spacial score (nSPS) is 9.91. The van der Waals surface area contributed by atoms with Gasteiger partial charge in [-0.3, -0.25) is 0 Å². The lowest BCUT2D eigenvalue weighted by Gasteiger charge is -2.07. The maximum Gasteiger partial charge on any atom is 0.519 e. The van der Waals surface area contributed by atoms with Crippen LogP contribution in [0.2, 0.25) is 5.02 Å². The number of ether oxygens (including phenoxy) is 3. The maximum absolute atomic E-state index is 11.7. The van der Waals surface area contributed by atoms with Crippen LogP contribution in [0, 0.1) is 0 Å². The molecular weight excluding hydrogens is 308 g/mol. The Labute approximate surface area is 132 Å². The predicted octanol–water partition coefficient (Wildman–Crippen LogP) is 4.09. The van der Waals surface area contributed by atoms with E-state index < -0.39 is 12.1 Å². The van der Waals surface area contributed by atoms with Gasteiger partial charge in [-0.05, 0) is 43.3 Å². The van der Waals surface area contributed by atoms with Crippen LogP contribution in [0.3, 0.4) is 0 Å². The van der Waals surface area contributed by atoms with Gasteiger partial charge in [0.15, 0.2) is 5.75 Å². The molecule has 0 N–H and O–H groups in total. The SMILES string of the molecule is CCOC(=O)c1ccc(OC(=O)Oc2ccccc2Cl)cc1. The van der Waals surface area contributed by atoms with Gasteiger partial charge in [-0.1, -0.05) is 23.7 Å². The largest absolute Gasteiger partial charge is 0.519 e. The third-order valence-corrected chi connectivity index (χ3v) is 2.91. The number of hydrogen-bond donors (Lipinski definition) is 0. The molecule has 0 atom stereocenters. The molecule has 2 aromatic rings. The first-order valence-electron chi connectivity index (χ1n) is 6.51. The van der Waals surface area contributed by atoms with Crippen molar-refractivity contribution < 1.29 is 23.8 Å². The van der Waals surface area contributed by atoms with Crippen LogP contribution in [0.25, 0.3) is 0 Å². The molecule has 0 radical (unpaired) electrons. The quantitative estimate of drug-likeness (QED) is 0.627. The van der Waals surface area contributed by atoms with Gasteiger partial charge in [-0.15, -0.1) is 0 Å². The summed E-state index contributed by atoms with van der Waals surface area (Å²) in [6.45, 7) is 2.02. The van der Waals surface area contributed by atoms with Crippen LogP contribution in [-0.2, 0) is 4.74 Å². The Bertz CT molecular complexity index is 666. The van der Waals surface area contributed by atoms with E-state index >= 15 is 0 Å². The number of carbonyl (C=O) groups is 2. The number of para-hydroxylation sites is 1. The molecule has 0 bridgehead atoms. The van der Waals surface area contributed by atoms with Crippen molar-refractivity contribution in [1.82, 2.24) is 0 Å². The second-order valence-corrected chi connectivity index (χ2v) is 4.54. The van der Waals surface area contributed by atoms with E-state index in [2.05, 4.69) is 0 Å². The molecule has 2 aromatic carbocycles. The molecule has 0 saturated heterocycles. The van der Waals surface area contributed by atoms with Crippen LogP contribution >= 0.6 is 11.6 Å². The van der Waals surface area contributed by atoms with Gasteiger partial charge in [0.25, 0.3) is 0 Å². The van der Waals surface area contributed by atoms with Gasteiger partial charge < -0.3 is 14.2 Å². The summed E-state index contributed by atoms with van der Waals surface area (Å²) in [5.74, 6) is 0.00936. The van der Waals surface area contributed by atoms with E-state index in [4.69, 9.17) is 25.8 Å². The van der Waals surface area contributed by atoms with Crippen molar-refractivity contribution in [3.05, 3.63) is 59.1 Å². The Kier molecular flexibility index (Phi) is 5.38. The van der Waals surface area contributed by atoms with Crippen molar-refractivity contribution in [1.29, 1.82) is 0 Å². The van der Waals surface area contributed by atoms with Gasteiger partial charge in [0, 0.05) is 0 Å². The van der Waals surface area contributed by atoms with E-state index in [1.165, 1.54) is 24.3 Å². The Balaban J connectivity index is 1.97. The summed E-state index contributed by atoms with van der Waals surface area (Å²) >= 11 is 5.87. The van der Waals surface area contributed by atoms with E-state index in [0.717, 1.165) is 0 Å². The van der Waals surface area contributed by atoms with Gasteiger partial charge >= 0.3 is 12.1 Å². The highest BCUT2D eigenvalue weighted by Gasteiger charge is 2.11. The molecule has 114 valence electrons. The molecule has 0 heterocycles. The van der Waals surface area contributed by atoms with Gasteiger partial charge in [0.2, 0.25) is 0 Å². The van der Waals surface area contributed by atoms with Crippen molar-refractivity contribution >= 4 is 23.7 Å². The summed E-state index contributed by atoms with van der Waals surface area (Å²) in [5.41, 5.74) is 0.369. The number of benzene rings is 2. The van der Waals surface area contributed by atoms with Crippen LogP contribution < -0.4 is 9.47 Å². The topological polar surface area (TPSA) is 61.8 Å². The molecule has 2 rings (SSSR count). The van der Waals surface area contributed by atoms with E-state index in [0.29, 0.717) is 17.2 Å². The molecule has 0 aliphatic heterocycles. The fraction of sp³-hybridized carbons (Fsp3) is 0.125. The first-order valence-corrected chi connectivity index (χ1v) is 6.89. The molecule has 0 amide bonds. The highest BCUT2D eigenvalue weighted by molar-refractivity contribution is 6.32. The molecule has 0 aromatic heterocycles. The third kappa shape index (κ3) is 4.23. The Morgan fingerprint density at radius 1 is 1.00 bits per heavy atom. The second kappa shape index (κ2) is 7.47. The van der Waals surface area contributed by atoms with Crippen LogP contribution in [0.1, 0.15) is 17.3 Å². The minimum absolute atomic E-state index is 0.206. The number of hydrogen-bond acceptors (Lipinski definition) is 5. The van der Waals surface area contributed by atoms with Crippen LogP contribution in [0.15, 0.2) is 48.5 Å². The molecule has 22 heavy (non-hydrogen) atoms. The van der Waals surface area contributed by atoms with E-state index in [-0.39, 0.29) is 11.5 Å². The minimum Gasteiger partial charge on any atom is -0.462 e. The molecule has 0 spiro atoms. The zero-order valence-corrected chi connectivity index (χ0v) is 12.5. The number of rotatable bonds is 4. The lowest BCUT2D eigenvalue weighted by atomic mass is 10.2. The Morgan fingerprint density at radius 2 is 1.68 bits per heavy atom. The smallest absolute Gasteiger partial charge is 0.462 e. The number of carbonyl (C=O) groups excluding carboxylic acids is 2. The summed E-state index contributed by atoms with van der Waals surface area (Å²) in [6.07, 6.45) is -0.919. The molecule has 5 nitrogen and oxygen atoms in total. The van der Waals surface area contributed by atoms with Crippen LogP contribution in [0.5, 0.6) is 11.5 Å². The van der Waals surface area contributed by atoms with Crippen molar-refractivity contribution in [2.75, 3.05) is 6.61 Å². The fourth-order valence-electron chi connectivity index (χ4n) is 1.61. The summed E-state index contributed by atoms with van der Waals surface area (Å²) in [4.78, 5) is 23.1. The average Bonchev–Trinajstić information content (AvgIpc) is 2.50. The maximum atomic E-state index is 11.7. The highest BCUT2D eigenvalue weighted by atomic mass is 35.5. The summed E-state index contributed by atoms with van der Waals surface area (Å²) in [7, 11) is 0. The van der Waals surface area contributed by atoms with Crippen molar-refractivity contribution in [3.8, 4) is 11.5 Å². The predicted molar refractivity (Wildman–Crippen MR) is 80.5 cm³/mol. The van der Waals surface area contributed by atoms with Crippen molar-refractivity contribution in [2.24, 2.45) is 0 Å². The zero-order chi connectivity index (χ0) is 15.9. The first-order chi connectivity index (χ1) is 10.6. The summed E-state index contributed by atoms with van der Waals surface area (Å²) < 4.78 is 14.8. The van der Waals surface area contributed by atoms with Crippen LogP contribution in [-0.4, -0.2) is 18.7 Å². The molecule has 0 unspecified atom stereocenters. The van der Waals surface area contributed by atoms with E-state index in [9.17, 15) is 9.59 Å². The number of halogens is 1. The monoisotopic (exact) mass is 320 g/mol. The molecule has 0 fully saturated rings. The number of esters is 1. The lowest BCUT2D eigenvalue weighted by Crippen LogP contribution is -2.14. The van der Waals surface area contributed by atoms with Gasteiger partial charge in [-0.25, -0.2) is 9.59 Å². The lowest BCUT2D eigenvalue weighted by molar-refractivity contribution is 0.0526. The standard InChI is InChI=1S/C16H13ClO5/c1-2-20-15(18)11-7-9-12(10-8-11)21-16(19)22-14-6-4-3-5-13(14)17/h3-10H,2H2,1H3. The van der Waals surface area contributed by atoms with Crippen molar-refractivity contribution in [2.45, 2.75) is 6.92 Å². The highest BCUT2D eigenvalue weighted by Crippen LogP contribution is 2.24. The Morgan fingerprint density at radius 3 is 2.32 bits per heavy atom. The molecule has 0 aliphatic carbocycles. The minimum atomic E-state index is -0.919. The summed E-state index contributed by atoms with van der Waals surface area (Å²) in [5, 5.41) is 0.303. The zero-order valence-electron chi connectivity index (χ0n) is 11.7. The summed E-state index contributed by atoms with van der Waals surface area (Å²) in [6, 6.07) is 12.5.